The average molecular weight is 277 g/mol. The molecule has 5 nitrogen and oxygen atoms in total. The number of likely N-dealkylation sites (N-methyl/N-ethyl adjacent to an activating group) is 1. The molecule has 0 bridgehead atoms. The van der Waals surface area contributed by atoms with Crippen LogP contribution in [0.15, 0.2) is 4.42 Å². The third kappa shape index (κ3) is 2.16. The Kier molecular flexibility index (Phi) is 3.38. The molecule has 1 amide bonds. The van der Waals surface area contributed by atoms with Crippen molar-refractivity contribution in [2.75, 3.05) is 33.2 Å². The van der Waals surface area contributed by atoms with Crippen LogP contribution in [0.25, 0.3) is 0 Å². The molecule has 0 saturated carbocycles. The number of furan rings is 1. The molecule has 1 aliphatic carbocycles. The Morgan fingerprint density at radius 3 is 2.60 bits per heavy atom. The van der Waals surface area contributed by atoms with Crippen molar-refractivity contribution < 1.29 is 18.9 Å². The molecule has 0 spiro atoms. The summed E-state index contributed by atoms with van der Waals surface area (Å²) in [5.74, 6) is 1.15. The third-order valence-corrected chi connectivity index (χ3v) is 4.40. The maximum absolute atomic E-state index is 12.6. The molecule has 0 aromatic carbocycles. The summed E-state index contributed by atoms with van der Waals surface area (Å²) in [6.45, 7) is 5.27. The number of nitrogens with one attached hydrogen (secondary N) is 1. The van der Waals surface area contributed by atoms with Gasteiger partial charge >= 0.3 is 0 Å². The molecule has 0 radical (unpaired) electrons. The number of carbonyl (C=O) groups excluding carboxylic acids is 2. The van der Waals surface area contributed by atoms with Gasteiger partial charge in [-0.1, -0.05) is 0 Å². The SMILES string of the molecule is Cc1c(C(=O)N2CC[NH+](C)CC2)oc2c1C(=O)CCC2. The number of nitrogens with zero attached hydrogens (tertiary/aromatic N) is 1. The molecule has 0 unspecified atom stereocenters. The smallest absolute Gasteiger partial charge is 0.290 e. The van der Waals surface area contributed by atoms with Crippen molar-refractivity contribution in [3.8, 4) is 0 Å². The molecule has 1 N–H and O–H groups in total. The Bertz CT molecular complexity index is 554. The van der Waals surface area contributed by atoms with E-state index in [1.165, 1.54) is 4.90 Å². The summed E-state index contributed by atoms with van der Waals surface area (Å²) in [5.41, 5.74) is 1.40. The number of aryl methyl sites for hydroxylation is 1. The van der Waals surface area contributed by atoms with Crippen molar-refractivity contribution in [3.63, 3.8) is 0 Å². The number of amides is 1. The van der Waals surface area contributed by atoms with E-state index in [4.69, 9.17) is 4.42 Å². The predicted octanol–water partition coefficient (Wildman–Crippen LogP) is 0.0775. The zero-order valence-corrected chi connectivity index (χ0v) is 12.1. The van der Waals surface area contributed by atoms with Crippen molar-refractivity contribution in [2.45, 2.75) is 26.2 Å². The molecular weight excluding hydrogens is 256 g/mol. The van der Waals surface area contributed by atoms with Crippen molar-refractivity contribution in [1.82, 2.24) is 4.90 Å². The lowest BCUT2D eigenvalue weighted by Gasteiger charge is -2.29. The van der Waals surface area contributed by atoms with Gasteiger partial charge in [0, 0.05) is 18.4 Å². The second-order valence-corrected chi connectivity index (χ2v) is 5.88. The Labute approximate surface area is 118 Å². The van der Waals surface area contributed by atoms with E-state index < -0.39 is 0 Å². The normalized spacial score (nSPS) is 20.1. The van der Waals surface area contributed by atoms with E-state index in [1.54, 1.807) is 0 Å². The van der Waals surface area contributed by atoms with Crippen LogP contribution in [0.2, 0.25) is 0 Å². The van der Waals surface area contributed by atoms with Gasteiger partial charge in [0.1, 0.15) is 5.76 Å². The Hall–Kier alpha value is -1.62. The number of piperazine rings is 1. The lowest BCUT2D eigenvalue weighted by Crippen LogP contribution is -3.12. The number of carbonyl (C=O) groups is 2. The minimum absolute atomic E-state index is 0.0581. The van der Waals surface area contributed by atoms with Crippen LogP contribution in [-0.4, -0.2) is 49.8 Å². The highest BCUT2D eigenvalue weighted by atomic mass is 16.4. The molecule has 2 heterocycles. The highest BCUT2D eigenvalue weighted by Gasteiger charge is 2.32. The molecule has 3 rings (SSSR count). The maximum Gasteiger partial charge on any atom is 0.290 e. The van der Waals surface area contributed by atoms with E-state index in [9.17, 15) is 9.59 Å². The first-order valence-electron chi connectivity index (χ1n) is 7.34. The highest BCUT2D eigenvalue weighted by molar-refractivity contribution is 6.03. The number of quaternary nitrogens is 1. The van der Waals surface area contributed by atoms with Crippen LogP contribution in [0.4, 0.5) is 0 Å². The summed E-state index contributed by atoms with van der Waals surface area (Å²) < 4.78 is 5.73. The number of ketones is 1. The van der Waals surface area contributed by atoms with Crippen LogP contribution in [0.5, 0.6) is 0 Å². The van der Waals surface area contributed by atoms with Crippen molar-refractivity contribution >= 4 is 11.7 Å². The molecule has 1 aromatic rings. The fraction of sp³-hybridized carbons (Fsp3) is 0.600. The lowest BCUT2D eigenvalue weighted by atomic mass is 9.94. The molecule has 1 saturated heterocycles. The molecule has 1 aliphatic heterocycles. The van der Waals surface area contributed by atoms with Gasteiger partial charge in [-0.3, -0.25) is 9.59 Å². The van der Waals surface area contributed by atoms with Gasteiger partial charge in [0.15, 0.2) is 11.5 Å². The van der Waals surface area contributed by atoms with Crippen molar-refractivity contribution in [3.05, 3.63) is 22.6 Å². The summed E-state index contributed by atoms with van der Waals surface area (Å²) in [4.78, 5) is 27.8. The summed E-state index contributed by atoms with van der Waals surface area (Å²) in [6.07, 6.45) is 2.16. The van der Waals surface area contributed by atoms with E-state index in [-0.39, 0.29) is 11.7 Å². The molecule has 5 heteroatoms. The lowest BCUT2D eigenvalue weighted by molar-refractivity contribution is -0.883. The highest BCUT2D eigenvalue weighted by Crippen LogP contribution is 2.29. The number of fused-ring (bicyclic) bond motifs is 1. The molecule has 2 aliphatic rings. The monoisotopic (exact) mass is 277 g/mol. The molecular formula is C15H21N2O3+. The maximum atomic E-state index is 12.6. The average Bonchev–Trinajstić information content (AvgIpc) is 2.77. The second-order valence-electron chi connectivity index (χ2n) is 5.88. The summed E-state index contributed by atoms with van der Waals surface area (Å²) >= 11 is 0. The zero-order valence-electron chi connectivity index (χ0n) is 12.1. The zero-order chi connectivity index (χ0) is 14.3. The number of rotatable bonds is 1. The van der Waals surface area contributed by atoms with Gasteiger partial charge in [0.2, 0.25) is 0 Å². The first-order chi connectivity index (χ1) is 9.58. The number of Topliss-reactive ketones (excluding diaryl/α,β-unsaturated/α-hetero) is 1. The Morgan fingerprint density at radius 2 is 1.95 bits per heavy atom. The van der Waals surface area contributed by atoms with Gasteiger partial charge in [0.05, 0.1) is 38.8 Å². The fourth-order valence-corrected chi connectivity index (χ4v) is 3.09. The van der Waals surface area contributed by atoms with Crippen molar-refractivity contribution in [1.29, 1.82) is 0 Å². The van der Waals surface area contributed by atoms with Crippen LogP contribution in [0, 0.1) is 6.92 Å². The van der Waals surface area contributed by atoms with E-state index in [0.29, 0.717) is 23.5 Å². The molecule has 108 valence electrons. The summed E-state index contributed by atoms with van der Waals surface area (Å²) in [6, 6.07) is 0. The molecule has 0 atom stereocenters. The molecule has 20 heavy (non-hydrogen) atoms. The second kappa shape index (κ2) is 5.05. The fourth-order valence-electron chi connectivity index (χ4n) is 3.09. The van der Waals surface area contributed by atoms with Crippen LogP contribution < -0.4 is 4.90 Å². The first-order valence-corrected chi connectivity index (χ1v) is 7.34. The Morgan fingerprint density at radius 1 is 1.25 bits per heavy atom. The third-order valence-electron chi connectivity index (χ3n) is 4.40. The van der Waals surface area contributed by atoms with Gasteiger partial charge in [-0.05, 0) is 13.3 Å². The van der Waals surface area contributed by atoms with Crippen molar-refractivity contribution in [2.24, 2.45) is 0 Å². The van der Waals surface area contributed by atoms with E-state index in [2.05, 4.69) is 7.05 Å². The van der Waals surface area contributed by atoms with Gasteiger partial charge in [0.25, 0.3) is 5.91 Å². The summed E-state index contributed by atoms with van der Waals surface area (Å²) in [5, 5.41) is 0. The van der Waals surface area contributed by atoms with Crippen LogP contribution in [0.1, 0.15) is 45.1 Å². The molecule has 1 aromatic heterocycles. The van der Waals surface area contributed by atoms with Gasteiger partial charge < -0.3 is 14.2 Å². The van der Waals surface area contributed by atoms with E-state index >= 15 is 0 Å². The topological polar surface area (TPSA) is 55.0 Å². The van der Waals surface area contributed by atoms with Gasteiger partial charge in [-0.2, -0.15) is 0 Å². The van der Waals surface area contributed by atoms with Crippen LogP contribution in [0.3, 0.4) is 0 Å². The quantitative estimate of drug-likeness (QED) is 0.791. The minimum atomic E-state index is -0.0581. The van der Waals surface area contributed by atoms with Crippen LogP contribution >= 0.6 is 0 Å². The predicted molar refractivity (Wildman–Crippen MR) is 73.2 cm³/mol. The largest absolute Gasteiger partial charge is 0.455 e. The number of hydrogen-bond donors (Lipinski definition) is 1. The minimum Gasteiger partial charge on any atom is -0.455 e. The molecule has 1 fully saturated rings. The standard InChI is InChI=1S/C15H20N2O3/c1-10-13-11(18)4-3-5-12(13)20-14(10)15(19)17-8-6-16(2)7-9-17/h3-9H2,1-2H3/p+1. The van der Waals surface area contributed by atoms with E-state index in [1.807, 2.05) is 11.8 Å². The summed E-state index contributed by atoms with van der Waals surface area (Å²) in [7, 11) is 2.14. The van der Waals surface area contributed by atoms with Crippen LogP contribution in [-0.2, 0) is 6.42 Å². The number of hydrogen-bond acceptors (Lipinski definition) is 3. The van der Waals surface area contributed by atoms with Gasteiger partial charge in [-0.25, -0.2) is 0 Å². The first kappa shape index (κ1) is 13.4. The Balaban J connectivity index is 1.87. The van der Waals surface area contributed by atoms with E-state index in [0.717, 1.165) is 44.6 Å². The van der Waals surface area contributed by atoms with Gasteiger partial charge in [-0.15, -0.1) is 0 Å².